The molecule has 1 N–H and O–H groups in total. The minimum Gasteiger partial charge on any atom is -0.496 e. The molecule has 0 saturated carbocycles. The Labute approximate surface area is 138 Å². The second-order valence-corrected chi connectivity index (χ2v) is 5.80. The third kappa shape index (κ3) is 5.40. The smallest absolute Gasteiger partial charge is 0.241 e. The van der Waals surface area contributed by atoms with Crippen molar-refractivity contribution in [3.63, 3.8) is 0 Å². The first-order valence-corrected chi connectivity index (χ1v) is 7.94. The number of rotatable bonds is 6. The average Bonchev–Trinajstić information content (AvgIpc) is 2.54. The predicted molar refractivity (Wildman–Crippen MR) is 88.3 cm³/mol. The zero-order valence-corrected chi connectivity index (χ0v) is 14.1. The number of ether oxygens (including phenoxy) is 2. The maximum absolute atomic E-state index is 11.8. The highest BCUT2D eigenvalue weighted by Crippen LogP contribution is 2.21. The van der Waals surface area contributed by atoms with Crippen molar-refractivity contribution in [1.29, 1.82) is 0 Å². The molecule has 2 rings (SSSR count). The van der Waals surface area contributed by atoms with E-state index < -0.39 is 0 Å². The van der Waals surface area contributed by atoms with Crippen LogP contribution in [0, 0.1) is 0 Å². The summed E-state index contributed by atoms with van der Waals surface area (Å²) in [5.74, 6) is 0.603. The lowest BCUT2D eigenvalue weighted by Gasteiger charge is -2.25. The van der Waals surface area contributed by atoms with Crippen LogP contribution in [0.25, 0.3) is 0 Å². The second-order valence-electron chi connectivity index (χ2n) is 4.88. The summed E-state index contributed by atoms with van der Waals surface area (Å²) in [5, 5.41) is 3.99. The molecule has 1 aromatic rings. The molecule has 1 amide bonds. The topological polar surface area (TPSA) is 63.2 Å². The normalized spacial score (nSPS) is 15.9. The van der Waals surface area contributed by atoms with Gasteiger partial charge in [-0.05, 0) is 18.2 Å². The van der Waals surface area contributed by atoms with Gasteiger partial charge >= 0.3 is 0 Å². The molecule has 120 valence electrons. The van der Waals surface area contributed by atoms with Crippen molar-refractivity contribution >= 4 is 28.1 Å². The van der Waals surface area contributed by atoms with E-state index in [-0.39, 0.29) is 5.91 Å². The molecule has 22 heavy (non-hydrogen) atoms. The zero-order valence-electron chi connectivity index (χ0n) is 12.5. The van der Waals surface area contributed by atoms with E-state index in [9.17, 15) is 4.79 Å². The fraction of sp³-hybridized carbons (Fsp3) is 0.467. The first-order chi connectivity index (χ1) is 10.7. The Morgan fingerprint density at radius 3 is 3.00 bits per heavy atom. The molecule has 1 aromatic carbocycles. The SMILES string of the molecule is COc1ccc(Br)cc1/C=N/NC(=O)CCN1CCOCC1. The summed E-state index contributed by atoms with van der Waals surface area (Å²) in [6, 6.07) is 5.60. The number of nitrogens with one attached hydrogen (secondary N) is 1. The molecule has 0 bridgehead atoms. The van der Waals surface area contributed by atoms with Crippen molar-refractivity contribution in [2.24, 2.45) is 5.10 Å². The van der Waals surface area contributed by atoms with Gasteiger partial charge in [0.25, 0.3) is 0 Å². The van der Waals surface area contributed by atoms with Crippen LogP contribution in [0.5, 0.6) is 5.75 Å². The average molecular weight is 370 g/mol. The molecule has 7 heteroatoms. The number of carbonyl (C=O) groups excluding carboxylic acids is 1. The van der Waals surface area contributed by atoms with Gasteiger partial charge in [0, 0.05) is 36.1 Å². The van der Waals surface area contributed by atoms with E-state index >= 15 is 0 Å². The fourth-order valence-corrected chi connectivity index (χ4v) is 2.50. The minimum absolute atomic E-state index is 0.100. The minimum atomic E-state index is -0.100. The third-order valence-corrected chi connectivity index (χ3v) is 3.84. The van der Waals surface area contributed by atoms with E-state index in [0.717, 1.165) is 42.9 Å². The summed E-state index contributed by atoms with van der Waals surface area (Å²) in [7, 11) is 1.60. The Hall–Kier alpha value is -1.44. The number of methoxy groups -OCH3 is 1. The molecular formula is C15H20BrN3O3. The molecule has 0 radical (unpaired) electrons. The number of halogens is 1. The van der Waals surface area contributed by atoms with Crippen LogP contribution in [0.15, 0.2) is 27.8 Å². The number of hydrazone groups is 1. The molecule has 1 aliphatic heterocycles. The van der Waals surface area contributed by atoms with Crippen LogP contribution in [-0.2, 0) is 9.53 Å². The van der Waals surface area contributed by atoms with Gasteiger partial charge in [-0.15, -0.1) is 0 Å². The van der Waals surface area contributed by atoms with E-state index in [1.54, 1.807) is 13.3 Å². The summed E-state index contributed by atoms with van der Waals surface area (Å²) in [4.78, 5) is 14.0. The van der Waals surface area contributed by atoms with Crippen molar-refractivity contribution in [3.05, 3.63) is 28.2 Å². The summed E-state index contributed by atoms with van der Waals surface area (Å²) >= 11 is 3.39. The Bertz CT molecular complexity index is 531. The van der Waals surface area contributed by atoms with E-state index in [1.165, 1.54) is 0 Å². The van der Waals surface area contributed by atoms with Crippen LogP contribution in [-0.4, -0.2) is 57.0 Å². The number of hydrogen-bond donors (Lipinski definition) is 1. The largest absolute Gasteiger partial charge is 0.496 e. The highest BCUT2D eigenvalue weighted by Gasteiger charge is 2.11. The molecule has 6 nitrogen and oxygen atoms in total. The van der Waals surface area contributed by atoms with Crippen molar-refractivity contribution in [1.82, 2.24) is 10.3 Å². The molecule has 0 atom stereocenters. The molecule has 1 fully saturated rings. The Balaban J connectivity index is 1.79. The number of benzene rings is 1. The van der Waals surface area contributed by atoms with Gasteiger partial charge < -0.3 is 9.47 Å². The number of carbonyl (C=O) groups is 1. The van der Waals surface area contributed by atoms with Crippen molar-refractivity contribution in [2.75, 3.05) is 40.0 Å². The summed E-state index contributed by atoms with van der Waals surface area (Å²) in [5.41, 5.74) is 3.34. The molecule has 1 heterocycles. The van der Waals surface area contributed by atoms with Gasteiger partial charge in [0.15, 0.2) is 0 Å². The quantitative estimate of drug-likeness (QED) is 0.611. The highest BCUT2D eigenvalue weighted by atomic mass is 79.9. The third-order valence-electron chi connectivity index (χ3n) is 3.34. The van der Waals surface area contributed by atoms with Crippen LogP contribution in [0.3, 0.4) is 0 Å². The summed E-state index contributed by atoms with van der Waals surface area (Å²) < 4.78 is 11.4. The monoisotopic (exact) mass is 369 g/mol. The van der Waals surface area contributed by atoms with E-state index in [0.29, 0.717) is 12.2 Å². The van der Waals surface area contributed by atoms with Crippen LogP contribution in [0.4, 0.5) is 0 Å². The van der Waals surface area contributed by atoms with Crippen molar-refractivity contribution < 1.29 is 14.3 Å². The molecule has 0 unspecified atom stereocenters. The first-order valence-electron chi connectivity index (χ1n) is 7.14. The lowest BCUT2D eigenvalue weighted by molar-refractivity contribution is -0.121. The maximum Gasteiger partial charge on any atom is 0.241 e. The van der Waals surface area contributed by atoms with E-state index in [2.05, 4.69) is 31.4 Å². The molecular weight excluding hydrogens is 350 g/mol. The van der Waals surface area contributed by atoms with Crippen molar-refractivity contribution in [2.45, 2.75) is 6.42 Å². The highest BCUT2D eigenvalue weighted by molar-refractivity contribution is 9.10. The fourth-order valence-electron chi connectivity index (χ4n) is 2.12. The molecule has 1 saturated heterocycles. The second kappa shape index (κ2) is 8.87. The van der Waals surface area contributed by atoms with Crippen LogP contribution >= 0.6 is 15.9 Å². The molecule has 0 aliphatic carbocycles. The molecule has 1 aliphatic rings. The van der Waals surface area contributed by atoms with Gasteiger partial charge in [-0.1, -0.05) is 15.9 Å². The Kier molecular flexibility index (Phi) is 6.82. The number of morpholine rings is 1. The lowest BCUT2D eigenvalue weighted by atomic mass is 10.2. The van der Waals surface area contributed by atoms with Gasteiger partial charge in [0.1, 0.15) is 5.75 Å². The van der Waals surface area contributed by atoms with Crippen LogP contribution in [0.1, 0.15) is 12.0 Å². The van der Waals surface area contributed by atoms with E-state index in [1.807, 2.05) is 18.2 Å². The molecule has 0 aromatic heterocycles. The Morgan fingerprint density at radius 2 is 2.27 bits per heavy atom. The van der Waals surface area contributed by atoms with Gasteiger partial charge in [-0.25, -0.2) is 5.43 Å². The van der Waals surface area contributed by atoms with E-state index in [4.69, 9.17) is 9.47 Å². The standard InChI is InChI=1S/C15H20BrN3O3/c1-21-14-3-2-13(16)10-12(14)11-17-18-15(20)4-5-19-6-8-22-9-7-19/h2-3,10-11H,4-9H2,1H3,(H,18,20)/b17-11+. The number of nitrogens with zero attached hydrogens (tertiary/aromatic N) is 2. The first kappa shape index (κ1) is 16.9. The predicted octanol–water partition coefficient (Wildman–Crippen LogP) is 1.63. The van der Waals surface area contributed by atoms with Gasteiger partial charge in [-0.3, -0.25) is 9.69 Å². The summed E-state index contributed by atoms with van der Waals surface area (Å²) in [6.07, 6.45) is 2.00. The van der Waals surface area contributed by atoms with Crippen LogP contribution in [0.2, 0.25) is 0 Å². The van der Waals surface area contributed by atoms with Crippen molar-refractivity contribution in [3.8, 4) is 5.75 Å². The zero-order chi connectivity index (χ0) is 15.8. The number of amides is 1. The maximum atomic E-state index is 11.8. The van der Waals surface area contributed by atoms with Gasteiger partial charge in [0.05, 0.1) is 26.5 Å². The molecule has 0 spiro atoms. The van der Waals surface area contributed by atoms with Gasteiger partial charge in [0.2, 0.25) is 5.91 Å². The van der Waals surface area contributed by atoms with Gasteiger partial charge in [-0.2, -0.15) is 5.10 Å². The van der Waals surface area contributed by atoms with Crippen LogP contribution < -0.4 is 10.2 Å². The number of hydrogen-bond acceptors (Lipinski definition) is 5. The lowest BCUT2D eigenvalue weighted by Crippen LogP contribution is -2.38. The summed E-state index contributed by atoms with van der Waals surface area (Å²) in [6.45, 7) is 3.97. The Morgan fingerprint density at radius 1 is 1.50 bits per heavy atom.